The zero-order valence-corrected chi connectivity index (χ0v) is 14.8. The molecule has 1 aromatic rings. The van der Waals surface area contributed by atoms with Crippen LogP contribution in [-0.2, 0) is 19.6 Å². The number of carboxylic acids is 1. The predicted octanol–water partition coefficient (Wildman–Crippen LogP) is 1.20. The van der Waals surface area contributed by atoms with E-state index in [0.29, 0.717) is 19.4 Å². The van der Waals surface area contributed by atoms with Crippen LogP contribution in [0.25, 0.3) is 0 Å². The number of carboxylic acid groups (broad SMARTS) is 1. The third-order valence-corrected chi connectivity index (χ3v) is 5.99. The Morgan fingerprint density at radius 3 is 2.60 bits per heavy atom. The molecule has 25 heavy (non-hydrogen) atoms. The Kier molecular flexibility index (Phi) is 5.79. The normalized spacial score (nSPS) is 22.4. The summed E-state index contributed by atoms with van der Waals surface area (Å²) in [4.78, 5) is 24.7. The first kappa shape index (κ1) is 19.3. The number of aliphatic carboxylic acids is 1. The molecule has 0 aliphatic carbocycles. The van der Waals surface area contributed by atoms with Crippen LogP contribution in [-0.4, -0.2) is 48.9 Å². The monoisotopic (exact) mass is 372 g/mol. The fourth-order valence-electron chi connectivity index (χ4n) is 3.04. The molecule has 1 aliphatic heterocycles. The molecule has 0 aromatic heterocycles. The fourth-order valence-corrected chi connectivity index (χ4v) is 4.32. The van der Waals surface area contributed by atoms with E-state index in [1.807, 2.05) is 0 Å². The molecule has 1 unspecified atom stereocenters. The summed E-state index contributed by atoms with van der Waals surface area (Å²) in [6.45, 7) is 3.35. The number of carbonyl (C=O) groups excluding carboxylic acids is 1. The highest BCUT2D eigenvalue weighted by atomic mass is 32.2. The molecule has 1 aliphatic rings. The third kappa shape index (κ3) is 4.16. The predicted molar refractivity (Wildman–Crippen MR) is 87.7 cm³/mol. The van der Waals surface area contributed by atoms with Crippen LogP contribution in [0.2, 0.25) is 0 Å². The van der Waals surface area contributed by atoms with Gasteiger partial charge in [-0.25, -0.2) is 12.8 Å². The zero-order valence-electron chi connectivity index (χ0n) is 14.0. The summed E-state index contributed by atoms with van der Waals surface area (Å²) in [7, 11) is -4.21. The van der Waals surface area contributed by atoms with Gasteiger partial charge in [0.1, 0.15) is 10.7 Å². The molecule has 0 bridgehead atoms. The van der Waals surface area contributed by atoms with Crippen molar-refractivity contribution >= 4 is 21.9 Å². The summed E-state index contributed by atoms with van der Waals surface area (Å²) in [5.74, 6) is -3.11. The van der Waals surface area contributed by atoms with Gasteiger partial charge in [0.05, 0.1) is 12.0 Å². The second kappa shape index (κ2) is 7.49. The number of benzene rings is 1. The molecule has 1 saturated heterocycles. The first-order chi connectivity index (χ1) is 11.6. The van der Waals surface area contributed by atoms with Crippen molar-refractivity contribution in [3.63, 3.8) is 0 Å². The number of amides is 1. The zero-order chi connectivity index (χ0) is 18.8. The van der Waals surface area contributed by atoms with Gasteiger partial charge in [0.15, 0.2) is 0 Å². The Hall–Kier alpha value is -2.00. The molecule has 9 heteroatoms. The van der Waals surface area contributed by atoms with Gasteiger partial charge in [-0.2, -0.15) is 4.72 Å². The van der Waals surface area contributed by atoms with Gasteiger partial charge in [0.25, 0.3) is 0 Å². The molecule has 1 fully saturated rings. The summed E-state index contributed by atoms with van der Waals surface area (Å²) >= 11 is 0. The molecule has 0 saturated carbocycles. The topological polar surface area (TPSA) is 104 Å². The fraction of sp³-hybridized carbons (Fsp3) is 0.500. The van der Waals surface area contributed by atoms with Gasteiger partial charge in [0.2, 0.25) is 15.9 Å². The number of carbonyl (C=O) groups is 2. The summed E-state index contributed by atoms with van der Waals surface area (Å²) in [6, 6.07) is 3.20. The van der Waals surface area contributed by atoms with Gasteiger partial charge < -0.3 is 10.0 Å². The van der Waals surface area contributed by atoms with Crippen molar-refractivity contribution in [2.75, 3.05) is 6.54 Å². The first-order valence-electron chi connectivity index (χ1n) is 7.95. The molecule has 7 nitrogen and oxygen atoms in total. The number of nitrogens with one attached hydrogen (secondary N) is 1. The van der Waals surface area contributed by atoms with E-state index in [0.717, 1.165) is 12.1 Å². The maximum absolute atomic E-state index is 13.7. The van der Waals surface area contributed by atoms with Gasteiger partial charge in [-0.05, 0) is 38.8 Å². The van der Waals surface area contributed by atoms with E-state index in [4.69, 9.17) is 0 Å². The molecule has 3 atom stereocenters. The van der Waals surface area contributed by atoms with Gasteiger partial charge >= 0.3 is 5.97 Å². The lowest BCUT2D eigenvalue weighted by atomic mass is 9.90. The van der Waals surface area contributed by atoms with E-state index < -0.39 is 50.6 Å². The minimum absolute atomic E-state index is 0.357. The molecule has 1 amide bonds. The number of nitrogens with zero attached hydrogens (tertiary/aromatic N) is 1. The lowest BCUT2D eigenvalue weighted by molar-refractivity contribution is -0.149. The van der Waals surface area contributed by atoms with Crippen LogP contribution >= 0.6 is 0 Å². The molecule has 138 valence electrons. The smallest absolute Gasteiger partial charge is 0.308 e. The van der Waals surface area contributed by atoms with E-state index >= 15 is 0 Å². The van der Waals surface area contributed by atoms with Crippen molar-refractivity contribution in [3.05, 3.63) is 30.1 Å². The minimum atomic E-state index is -4.21. The second-order valence-corrected chi connectivity index (χ2v) is 7.81. The van der Waals surface area contributed by atoms with Crippen molar-refractivity contribution in [1.82, 2.24) is 9.62 Å². The molecular formula is C16H21FN2O5S. The molecule has 2 N–H and O–H groups in total. The van der Waals surface area contributed by atoms with Gasteiger partial charge in [-0.1, -0.05) is 12.1 Å². The minimum Gasteiger partial charge on any atom is -0.481 e. The summed E-state index contributed by atoms with van der Waals surface area (Å²) in [6.07, 6.45) is 0.995. The molecule has 2 rings (SSSR count). The molecule has 1 aromatic carbocycles. The Morgan fingerprint density at radius 2 is 2.00 bits per heavy atom. The highest BCUT2D eigenvalue weighted by molar-refractivity contribution is 7.89. The average Bonchev–Trinajstić information content (AvgIpc) is 2.54. The van der Waals surface area contributed by atoms with Crippen LogP contribution in [0.5, 0.6) is 0 Å². The quantitative estimate of drug-likeness (QED) is 0.808. The van der Waals surface area contributed by atoms with Crippen molar-refractivity contribution in [2.45, 2.75) is 43.7 Å². The maximum Gasteiger partial charge on any atom is 0.308 e. The van der Waals surface area contributed by atoms with E-state index in [1.165, 1.54) is 24.0 Å². The standard InChI is InChI=1S/C16H21FN2O5S/c1-10(18-25(23,24)14-8-4-3-7-13(14)17)15(20)19-9-5-6-12(11(19)2)16(21)22/h3-4,7-8,10-12,18H,5-6,9H2,1-2H3,(H,21,22)/t10?,11-,12-/m0/s1. The van der Waals surface area contributed by atoms with E-state index in [-0.39, 0.29) is 0 Å². The average molecular weight is 372 g/mol. The van der Waals surface area contributed by atoms with Crippen LogP contribution in [0.4, 0.5) is 4.39 Å². The number of hydrogen-bond donors (Lipinski definition) is 2. The highest BCUT2D eigenvalue weighted by Gasteiger charge is 2.37. The Labute approximate surface area is 145 Å². The van der Waals surface area contributed by atoms with Crippen LogP contribution in [0.1, 0.15) is 26.7 Å². The third-order valence-electron chi connectivity index (χ3n) is 4.42. The number of sulfonamides is 1. The van der Waals surface area contributed by atoms with Crippen molar-refractivity contribution in [1.29, 1.82) is 0 Å². The van der Waals surface area contributed by atoms with Crippen LogP contribution in [0.3, 0.4) is 0 Å². The van der Waals surface area contributed by atoms with Gasteiger partial charge in [-0.15, -0.1) is 0 Å². The molecule has 0 spiro atoms. The van der Waals surface area contributed by atoms with E-state index in [9.17, 15) is 27.5 Å². The van der Waals surface area contributed by atoms with Crippen LogP contribution < -0.4 is 4.72 Å². The largest absolute Gasteiger partial charge is 0.481 e. The van der Waals surface area contributed by atoms with E-state index in [1.54, 1.807) is 6.92 Å². The Bertz CT molecular complexity index is 768. The van der Waals surface area contributed by atoms with Crippen LogP contribution in [0, 0.1) is 11.7 Å². The number of rotatable bonds is 5. The van der Waals surface area contributed by atoms with Crippen molar-refractivity contribution in [2.24, 2.45) is 5.92 Å². The number of likely N-dealkylation sites (tertiary alicyclic amines) is 1. The number of halogens is 1. The highest BCUT2D eigenvalue weighted by Crippen LogP contribution is 2.24. The molecule has 1 heterocycles. The number of hydrogen-bond acceptors (Lipinski definition) is 4. The summed E-state index contributed by atoms with van der Waals surface area (Å²) < 4.78 is 40.5. The van der Waals surface area contributed by atoms with Crippen molar-refractivity contribution in [3.8, 4) is 0 Å². The Balaban J connectivity index is 2.15. The summed E-state index contributed by atoms with van der Waals surface area (Å²) in [5.41, 5.74) is 0. The van der Waals surface area contributed by atoms with Crippen molar-refractivity contribution < 1.29 is 27.5 Å². The second-order valence-electron chi connectivity index (χ2n) is 6.13. The lowest BCUT2D eigenvalue weighted by Crippen LogP contribution is -2.55. The first-order valence-corrected chi connectivity index (χ1v) is 9.43. The van der Waals surface area contributed by atoms with Gasteiger partial charge in [-0.3, -0.25) is 9.59 Å². The Morgan fingerprint density at radius 1 is 1.36 bits per heavy atom. The summed E-state index contributed by atoms with van der Waals surface area (Å²) in [5, 5.41) is 9.22. The van der Waals surface area contributed by atoms with Crippen LogP contribution in [0.15, 0.2) is 29.2 Å². The molecule has 0 radical (unpaired) electrons. The molecular weight excluding hydrogens is 351 g/mol. The van der Waals surface area contributed by atoms with E-state index in [2.05, 4.69) is 4.72 Å². The van der Waals surface area contributed by atoms with Gasteiger partial charge in [0, 0.05) is 12.6 Å². The lowest BCUT2D eigenvalue weighted by Gasteiger charge is -2.38. The SMILES string of the molecule is CC(NS(=O)(=O)c1ccccc1F)C(=O)N1CCC[C@H](C(=O)O)[C@@H]1C. The maximum atomic E-state index is 13.7. The number of piperidine rings is 1.